The molecule has 2 saturated heterocycles. The Labute approximate surface area is 189 Å². The minimum Gasteiger partial charge on any atom is -0.497 e. The zero-order chi connectivity index (χ0) is 21.9. The van der Waals surface area contributed by atoms with Crippen molar-refractivity contribution in [1.82, 2.24) is 9.80 Å². The van der Waals surface area contributed by atoms with Gasteiger partial charge in [-0.1, -0.05) is 18.2 Å². The number of piperidine rings is 1. The number of hydrogen-bond acceptors (Lipinski definition) is 6. The first kappa shape index (κ1) is 20.9. The number of benzene rings is 2. The van der Waals surface area contributed by atoms with Gasteiger partial charge in [0.1, 0.15) is 12.4 Å². The van der Waals surface area contributed by atoms with Gasteiger partial charge in [-0.3, -0.25) is 9.69 Å². The third-order valence-electron chi connectivity index (χ3n) is 6.81. The van der Waals surface area contributed by atoms with E-state index >= 15 is 0 Å². The number of carbonyl (C=O) groups excluding carboxylic acids is 1. The van der Waals surface area contributed by atoms with Gasteiger partial charge in [0.15, 0.2) is 11.5 Å². The van der Waals surface area contributed by atoms with Crippen LogP contribution in [0, 0.1) is 0 Å². The highest BCUT2D eigenvalue weighted by Crippen LogP contribution is 2.32. The first-order valence-electron chi connectivity index (χ1n) is 11.5. The molecule has 7 nitrogen and oxygen atoms in total. The molecule has 0 radical (unpaired) electrons. The predicted octanol–water partition coefficient (Wildman–Crippen LogP) is 2.65. The Morgan fingerprint density at radius 1 is 0.938 bits per heavy atom. The van der Waals surface area contributed by atoms with Crippen molar-refractivity contribution in [2.24, 2.45) is 0 Å². The molecule has 0 aromatic heterocycles. The van der Waals surface area contributed by atoms with Crippen molar-refractivity contribution in [2.45, 2.75) is 25.0 Å². The summed E-state index contributed by atoms with van der Waals surface area (Å²) in [5.41, 5.74) is 1.22. The number of methoxy groups -OCH3 is 1. The van der Waals surface area contributed by atoms with Crippen LogP contribution in [-0.4, -0.2) is 80.8 Å². The third kappa shape index (κ3) is 4.35. The molecule has 2 aromatic rings. The lowest BCUT2D eigenvalue weighted by Crippen LogP contribution is -2.55. The number of anilines is 1. The summed E-state index contributed by atoms with van der Waals surface area (Å²) in [4.78, 5) is 20.0. The third-order valence-corrected chi connectivity index (χ3v) is 6.81. The van der Waals surface area contributed by atoms with Gasteiger partial charge in [-0.25, -0.2) is 0 Å². The molecule has 1 amide bonds. The summed E-state index contributed by atoms with van der Waals surface area (Å²) in [7, 11) is 1.71. The second-order valence-corrected chi connectivity index (χ2v) is 8.65. The number of fused-ring (bicyclic) bond motifs is 1. The summed E-state index contributed by atoms with van der Waals surface area (Å²) in [6, 6.07) is 16.4. The molecule has 3 aliphatic rings. The number of rotatable bonds is 4. The Kier molecular flexibility index (Phi) is 6.08. The van der Waals surface area contributed by atoms with E-state index in [4.69, 9.17) is 14.2 Å². The van der Waals surface area contributed by atoms with E-state index in [1.54, 1.807) is 7.11 Å². The monoisotopic (exact) mass is 437 g/mol. The molecule has 32 heavy (non-hydrogen) atoms. The molecule has 170 valence electrons. The SMILES string of the molecule is COc1cccc(N2CCN(C3CCN(C(=O)C4COc5ccccc5O4)CC3)CC2)c1. The molecule has 0 saturated carbocycles. The minimum absolute atomic E-state index is 0.0424. The van der Waals surface area contributed by atoms with E-state index in [2.05, 4.69) is 21.9 Å². The number of nitrogens with zero attached hydrogens (tertiary/aromatic N) is 3. The van der Waals surface area contributed by atoms with E-state index in [1.807, 2.05) is 41.3 Å². The van der Waals surface area contributed by atoms with Gasteiger partial charge in [0, 0.05) is 57.1 Å². The molecule has 2 fully saturated rings. The molecular formula is C25H31N3O4. The maximum atomic E-state index is 13.0. The number of para-hydroxylation sites is 2. The zero-order valence-corrected chi connectivity index (χ0v) is 18.6. The highest BCUT2D eigenvalue weighted by atomic mass is 16.6. The summed E-state index contributed by atoms with van der Waals surface area (Å²) in [5.74, 6) is 2.31. The number of likely N-dealkylation sites (tertiary alicyclic amines) is 1. The topological polar surface area (TPSA) is 54.5 Å². The number of piperazine rings is 1. The molecule has 3 aliphatic heterocycles. The van der Waals surface area contributed by atoms with Crippen LogP contribution in [0.15, 0.2) is 48.5 Å². The zero-order valence-electron chi connectivity index (χ0n) is 18.6. The summed E-state index contributed by atoms with van der Waals surface area (Å²) in [6.07, 6.45) is 1.47. The van der Waals surface area contributed by atoms with Gasteiger partial charge in [0.05, 0.1) is 7.11 Å². The molecule has 1 atom stereocenters. The Hall–Kier alpha value is -2.93. The van der Waals surface area contributed by atoms with Gasteiger partial charge < -0.3 is 24.0 Å². The van der Waals surface area contributed by atoms with Crippen LogP contribution in [0.2, 0.25) is 0 Å². The number of carbonyl (C=O) groups is 1. The predicted molar refractivity (Wildman–Crippen MR) is 123 cm³/mol. The van der Waals surface area contributed by atoms with Crippen LogP contribution < -0.4 is 19.1 Å². The van der Waals surface area contributed by atoms with Crippen LogP contribution in [0.1, 0.15) is 12.8 Å². The normalized spacial score (nSPS) is 22.0. The number of amides is 1. The van der Waals surface area contributed by atoms with Crippen LogP contribution in [0.25, 0.3) is 0 Å². The van der Waals surface area contributed by atoms with Crippen molar-refractivity contribution < 1.29 is 19.0 Å². The lowest BCUT2D eigenvalue weighted by molar-refractivity contribution is -0.142. The van der Waals surface area contributed by atoms with Crippen LogP contribution in [0.4, 0.5) is 5.69 Å². The largest absolute Gasteiger partial charge is 0.497 e. The summed E-state index contributed by atoms with van der Waals surface area (Å²) in [6.45, 7) is 5.96. The average Bonchev–Trinajstić information content (AvgIpc) is 2.88. The summed E-state index contributed by atoms with van der Waals surface area (Å²) in [5, 5.41) is 0. The van der Waals surface area contributed by atoms with Gasteiger partial charge >= 0.3 is 0 Å². The Morgan fingerprint density at radius 3 is 2.44 bits per heavy atom. The number of hydrogen-bond donors (Lipinski definition) is 0. The maximum absolute atomic E-state index is 13.0. The van der Waals surface area contributed by atoms with Crippen molar-refractivity contribution in [2.75, 3.05) is 57.9 Å². The van der Waals surface area contributed by atoms with Crippen molar-refractivity contribution in [3.63, 3.8) is 0 Å². The fraction of sp³-hybridized carbons (Fsp3) is 0.480. The highest BCUT2D eigenvalue weighted by Gasteiger charge is 2.34. The molecular weight excluding hydrogens is 406 g/mol. The molecule has 7 heteroatoms. The molecule has 0 N–H and O–H groups in total. The second-order valence-electron chi connectivity index (χ2n) is 8.65. The second kappa shape index (κ2) is 9.28. The average molecular weight is 438 g/mol. The van der Waals surface area contributed by atoms with E-state index in [0.29, 0.717) is 17.5 Å². The smallest absolute Gasteiger partial charge is 0.267 e. The Bertz CT molecular complexity index is 936. The standard InChI is InChI=1S/C25H31N3O4/c1-30-21-6-4-5-20(17-21)27-15-13-26(14-16-27)19-9-11-28(12-10-19)25(29)24-18-31-22-7-2-3-8-23(22)32-24/h2-8,17,19,24H,9-16,18H2,1H3. The fourth-order valence-corrected chi connectivity index (χ4v) is 4.95. The van der Waals surface area contributed by atoms with Crippen molar-refractivity contribution in [3.05, 3.63) is 48.5 Å². The van der Waals surface area contributed by atoms with Gasteiger partial charge in [0.2, 0.25) is 6.10 Å². The van der Waals surface area contributed by atoms with Gasteiger partial charge in [-0.2, -0.15) is 0 Å². The van der Waals surface area contributed by atoms with Crippen LogP contribution in [0.3, 0.4) is 0 Å². The lowest BCUT2D eigenvalue weighted by Gasteiger charge is -2.43. The van der Waals surface area contributed by atoms with E-state index in [0.717, 1.165) is 57.9 Å². The van der Waals surface area contributed by atoms with Crippen LogP contribution in [-0.2, 0) is 4.79 Å². The van der Waals surface area contributed by atoms with Gasteiger partial charge in [-0.05, 0) is 37.1 Å². The van der Waals surface area contributed by atoms with Crippen molar-refractivity contribution in [1.29, 1.82) is 0 Å². The van der Waals surface area contributed by atoms with Crippen LogP contribution >= 0.6 is 0 Å². The highest BCUT2D eigenvalue weighted by molar-refractivity contribution is 5.82. The Morgan fingerprint density at radius 2 is 1.69 bits per heavy atom. The van der Waals surface area contributed by atoms with Gasteiger partial charge in [-0.15, -0.1) is 0 Å². The van der Waals surface area contributed by atoms with Crippen molar-refractivity contribution >= 4 is 11.6 Å². The molecule has 0 aliphatic carbocycles. The quantitative estimate of drug-likeness (QED) is 0.733. The van der Waals surface area contributed by atoms with Crippen molar-refractivity contribution in [3.8, 4) is 17.2 Å². The number of ether oxygens (including phenoxy) is 3. The molecule has 0 spiro atoms. The van der Waals surface area contributed by atoms with Crippen LogP contribution in [0.5, 0.6) is 17.2 Å². The van der Waals surface area contributed by atoms with E-state index < -0.39 is 6.10 Å². The molecule has 5 rings (SSSR count). The first-order chi connectivity index (χ1) is 15.7. The molecule has 3 heterocycles. The first-order valence-corrected chi connectivity index (χ1v) is 11.5. The summed E-state index contributed by atoms with van der Waals surface area (Å²) < 4.78 is 17.0. The summed E-state index contributed by atoms with van der Waals surface area (Å²) >= 11 is 0. The minimum atomic E-state index is -0.548. The van der Waals surface area contributed by atoms with E-state index in [1.165, 1.54) is 5.69 Å². The fourth-order valence-electron chi connectivity index (χ4n) is 4.95. The maximum Gasteiger partial charge on any atom is 0.267 e. The van der Waals surface area contributed by atoms with Gasteiger partial charge in [0.25, 0.3) is 5.91 Å². The lowest BCUT2D eigenvalue weighted by atomic mass is 10.0. The van der Waals surface area contributed by atoms with E-state index in [9.17, 15) is 4.79 Å². The molecule has 2 aromatic carbocycles. The molecule has 0 bridgehead atoms. The molecule has 1 unspecified atom stereocenters. The van der Waals surface area contributed by atoms with E-state index in [-0.39, 0.29) is 12.5 Å². The Balaban J connectivity index is 1.10.